The topological polar surface area (TPSA) is 83.0 Å². The number of fused-ring (bicyclic) bond motifs is 1. The molecule has 2 aliphatic heterocycles. The van der Waals surface area contributed by atoms with Gasteiger partial charge in [-0.2, -0.15) is 0 Å². The Morgan fingerprint density at radius 2 is 1.94 bits per heavy atom. The molecule has 2 saturated heterocycles. The zero-order chi connectivity index (χ0) is 22.0. The summed E-state index contributed by atoms with van der Waals surface area (Å²) < 4.78 is 6.22. The van der Waals surface area contributed by atoms with Gasteiger partial charge in [0.15, 0.2) is 5.13 Å². The molecule has 3 heterocycles. The summed E-state index contributed by atoms with van der Waals surface area (Å²) in [4.78, 5) is 46.9. The van der Waals surface area contributed by atoms with Gasteiger partial charge in [-0.15, -0.1) is 0 Å². The molecule has 2 aromatic rings. The highest BCUT2D eigenvalue weighted by Crippen LogP contribution is 2.35. The van der Waals surface area contributed by atoms with Crippen molar-refractivity contribution in [1.29, 1.82) is 0 Å². The van der Waals surface area contributed by atoms with E-state index in [4.69, 9.17) is 16.3 Å². The van der Waals surface area contributed by atoms with Crippen LogP contribution in [0.25, 0.3) is 10.2 Å². The minimum atomic E-state index is -0.307. The highest BCUT2D eigenvalue weighted by atomic mass is 35.5. The van der Waals surface area contributed by atoms with Crippen LogP contribution in [0.4, 0.5) is 5.13 Å². The van der Waals surface area contributed by atoms with Gasteiger partial charge in [-0.25, -0.2) is 4.98 Å². The van der Waals surface area contributed by atoms with Gasteiger partial charge in [0.1, 0.15) is 6.54 Å². The van der Waals surface area contributed by atoms with Gasteiger partial charge in [-0.3, -0.25) is 29.1 Å². The van der Waals surface area contributed by atoms with E-state index < -0.39 is 0 Å². The third-order valence-corrected chi connectivity index (χ3v) is 7.16. The van der Waals surface area contributed by atoms with Gasteiger partial charge in [0.05, 0.1) is 28.5 Å². The number of carbonyl (C=O) groups is 3. The number of imide groups is 1. The normalized spacial score (nSPS) is 17.7. The first-order chi connectivity index (χ1) is 14.9. The SMILES string of the molecule is Cc1ccc(Cl)c2sc(N(CCCN3CCOCC3)C(=O)CN3C(=O)CCC3=O)nc12. The van der Waals surface area contributed by atoms with Gasteiger partial charge in [0, 0.05) is 39.0 Å². The van der Waals surface area contributed by atoms with Crippen molar-refractivity contribution in [2.45, 2.75) is 26.2 Å². The number of hydrogen-bond acceptors (Lipinski definition) is 7. The van der Waals surface area contributed by atoms with Crippen molar-refractivity contribution >= 4 is 56.0 Å². The molecular formula is C21H25ClN4O4S. The number of halogens is 1. The second-order valence-corrected chi connectivity index (χ2v) is 9.15. The highest BCUT2D eigenvalue weighted by molar-refractivity contribution is 7.23. The van der Waals surface area contributed by atoms with E-state index in [1.54, 1.807) is 4.90 Å². The van der Waals surface area contributed by atoms with Crippen LogP contribution in [0.1, 0.15) is 24.8 Å². The van der Waals surface area contributed by atoms with Crippen molar-refractivity contribution < 1.29 is 19.1 Å². The zero-order valence-corrected chi connectivity index (χ0v) is 19.0. The molecule has 0 N–H and O–H groups in total. The van der Waals surface area contributed by atoms with E-state index in [2.05, 4.69) is 9.88 Å². The minimum absolute atomic E-state index is 0.166. The number of carbonyl (C=O) groups excluding carboxylic acids is 3. The molecule has 1 aromatic carbocycles. The van der Waals surface area contributed by atoms with Crippen molar-refractivity contribution in [3.8, 4) is 0 Å². The fourth-order valence-electron chi connectivity index (χ4n) is 3.83. The van der Waals surface area contributed by atoms with Crippen molar-refractivity contribution in [3.63, 3.8) is 0 Å². The lowest BCUT2D eigenvalue weighted by molar-refractivity contribution is -0.141. The van der Waals surface area contributed by atoms with Crippen molar-refractivity contribution in [3.05, 3.63) is 22.7 Å². The summed E-state index contributed by atoms with van der Waals surface area (Å²) >= 11 is 7.72. The summed E-state index contributed by atoms with van der Waals surface area (Å²) in [6.45, 7) is 6.17. The summed E-state index contributed by atoms with van der Waals surface area (Å²) in [5.41, 5.74) is 1.75. The van der Waals surface area contributed by atoms with Gasteiger partial charge in [-0.1, -0.05) is 29.0 Å². The maximum Gasteiger partial charge on any atom is 0.248 e. The third kappa shape index (κ3) is 4.90. The lowest BCUT2D eigenvalue weighted by Crippen LogP contribution is -2.44. The Kier molecular flexibility index (Phi) is 6.86. The molecule has 0 spiro atoms. The summed E-state index contributed by atoms with van der Waals surface area (Å²) in [5, 5.41) is 1.13. The molecule has 10 heteroatoms. The van der Waals surface area contributed by atoms with E-state index in [0.717, 1.165) is 59.9 Å². The number of nitrogens with zero attached hydrogens (tertiary/aromatic N) is 4. The number of likely N-dealkylation sites (tertiary alicyclic amines) is 1. The minimum Gasteiger partial charge on any atom is -0.379 e. The Hall–Kier alpha value is -2.07. The van der Waals surface area contributed by atoms with E-state index >= 15 is 0 Å². The number of benzene rings is 1. The largest absolute Gasteiger partial charge is 0.379 e. The van der Waals surface area contributed by atoms with Gasteiger partial charge in [0.25, 0.3) is 0 Å². The van der Waals surface area contributed by atoms with E-state index in [0.29, 0.717) is 16.7 Å². The van der Waals surface area contributed by atoms with Crippen LogP contribution in [0.2, 0.25) is 5.02 Å². The molecule has 1 aromatic heterocycles. The van der Waals surface area contributed by atoms with Gasteiger partial charge in [-0.05, 0) is 25.0 Å². The van der Waals surface area contributed by atoms with E-state index in [9.17, 15) is 14.4 Å². The number of aromatic nitrogens is 1. The average Bonchev–Trinajstić information content (AvgIpc) is 3.35. The number of ether oxygens (including phenoxy) is 1. The molecule has 166 valence electrons. The molecule has 31 heavy (non-hydrogen) atoms. The third-order valence-electron chi connectivity index (χ3n) is 5.63. The lowest BCUT2D eigenvalue weighted by atomic mass is 10.2. The van der Waals surface area contributed by atoms with E-state index in [1.165, 1.54) is 11.3 Å². The smallest absolute Gasteiger partial charge is 0.248 e. The molecule has 0 bridgehead atoms. The Balaban J connectivity index is 1.55. The summed E-state index contributed by atoms with van der Waals surface area (Å²) in [6, 6.07) is 3.73. The van der Waals surface area contributed by atoms with Crippen molar-refractivity contribution in [2.75, 3.05) is 50.8 Å². The van der Waals surface area contributed by atoms with Crippen LogP contribution in [0.15, 0.2) is 12.1 Å². The number of hydrogen-bond donors (Lipinski definition) is 0. The average molecular weight is 465 g/mol. The fourth-order valence-corrected chi connectivity index (χ4v) is 5.19. The van der Waals surface area contributed by atoms with Crippen LogP contribution in [0.3, 0.4) is 0 Å². The van der Waals surface area contributed by atoms with Gasteiger partial charge < -0.3 is 4.74 Å². The molecule has 0 atom stereocenters. The highest BCUT2D eigenvalue weighted by Gasteiger charge is 2.33. The number of morpholine rings is 1. The number of thiazole rings is 1. The molecule has 0 radical (unpaired) electrons. The molecular weight excluding hydrogens is 440 g/mol. The van der Waals surface area contributed by atoms with Crippen LogP contribution in [0.5, 0.6) is 0 Å². The molecule has 3 amide bonds. The first-order valence-electron chi connectivity index (χ1n) is 10.4. The fraction of sp³-hybridized carbons (Fsp3) is 0.524. The van der Waals surface area contributed by atoms with Crippen molar-refractivity contribution in [2.24, 2.45) is 0 Å². The first kappa shape index (κ1) is 22.1. The molecule has 0 saturated carbocycles. The summed E-state index contributed by atoms with van der Waals surface area (Å²) in [6.07, 6.45) is 1.08. The standard InChI is InChI=1S/C21H25ClN4O4S/c1-14-3-4-15(22)20-19(14)23-21(31-20)25(8-2-7-24-9-11-30-12-10-24)18(29)13-26-16(27)5-6-17(26)28/h3-4H,2,5-13H2,1H3. The molecule has 2 fully saturated rings. The Morgan fingerprint density at radius 3 is 2.61 bits per heavy atom. The van der Waals surface area contributed by atoms with Crippen molar-refractivity contribution in [1.82, 2.24) is 14.8 Å². The molecule has 0 unspecified atom stereocenters. The second-order valence-electron chi connectivity index (χ2n) is 7.77. The summed E-state index contributed by atoms with van der Waals surface area (Å²) in [7, 11) is 0. The molecule has 8 nitrogen and oxygen atoms in total. The predicted octanol–water partition coefficient (Wildman–Crippen LogP) is 2.46. The monoisotopic (exact) mass is 464 g/mol. The molecule has 0 aliphatic carbocycles. The van der Waals surface area contributed by atoms with Gasteiger partial charge >= 0.3 is 0 Å². The van der Waals surface area contributed by atoms with Crippen LogP contribution >= 0.6 is 22.9 Å². The number of anilines is 1. The molecule has 2 aliphatic rings. The van der Waals surface area contributed by atoms with E-state index in [1.807, 2.05) is 19.1 Å². The Labute approximate surface area is 189 Å². The summed E-state index contributed by atoms with van der Waals surface area (Å²) in [5.74, 6) is -0.900. The van der Waals surface area contributed by atoms with Crippen LogP contribution in [-0.2, 0) is 19.1 Å². The van der Waals surface area contributed by atoms with E-state index in [-0.39, 0.29) is 37.1 Å². The number of amides is 3. The predicted molar refractivity (Wildman–Crippen MR) is 120 cm³/mol. The number of rotatable bonds is 7. The quantitative estimate of drug-likeness (QED) is 0.585. The maximum atomic E-state index is 13.2. The maximum absolute atomic E-state index is 13.2. The van der Waals surface area contributed by atoms with Crippen LogP contribution < -0.4 is 4.90 Å². The number of aryl methyl sites for hydroxylation is 1. The van der Waals surface area contributed by atoms with Gasteiger partial charge in [0.2, 0.25) is 17.7 Å². The first-order valence-corrected chi connectivity index (χ1v) is 11.6. The Bertz CT molecular complexity index is 950. The second kappa shape index (κ2) is 9.60. The zero-order valence-electron chi connectivity index (χ0n) is 17.4. The lowest BCUT2D eigenvalue weighted by Gasteiger charge is -2.28. The molecule has 4 rings (SSSR count). The Morgan fingerprint density at radius 1 is 1.23 bits per heavy atom. The van der Waals surface area contributed by atoms with Crippen LogP contribution in [0, 0.1) is 6.92 Å². The van der Waals surface area contributed by atoms with Crippen LogP contribution in [-0.4, -0.2) is 78.4 Å².